The molecule has 1 saturated heterocycles. The van der Waals surface area contributed by atoms with Crippen LogP contribution in [0.2, 0.25) is 0 Å². The Morgan fingerprint density at radius 1 is 1.27 bits per heavy atom. The van der Waals surface area contributed by atoms with E-state index >= 15 is 0 Å². The van der Waals surface area contributed by atoms with Crippen molar-refractivity contribution in [3.63, 3.8) is 0 Å². The number of nitrogens with one attached hydrogen (secondary N) is 1. The molecule has 138 valence electrons. The lowest BCUT2D eigenvalue weighted by atomic mass is 10.1. The molecule has 0 aliphatic carbocycles. The third-order valence-corrected chi connectivity index (χ3v) is 4.53. The Labute approximate surface area is 158 Å². The predicted molar refractivity (Wildman–Crippen MR) is 99.8 cm³/mol. The summed E-state index contributed by atoms with van der Waals surface area (Å²) in [6, 6.07) is 4.23. The zero-order valence-corrected chi connectivity index (χ0v) is 15.5. The van der Waals surface area contributed by atoms with Crippen LogP contribution in [0.4, 0.5) is 0 Å². The zero-order chi connectivity index (χ0) is 17.1. The average Bonchev–Trinajstić information content (AvgIpc) is 3.25. The van der Waals surface area contributed by atoms with E-state index in [1.807, 2.05) is 48.6 Å². The highest BCUT2D eigenvalue weighted by Crippen LogP contribution is 2.22. The molecular formula is C17H23ClN8. The van der Waals surface area contributed by atoms with Gasteiger partial charge in [0.25, 0.3) is 0 Å². The molecule has 0 bridgehead atoms. The molecule has 1 unspecified atom stereocenters. The molecular weight excluding hydrogens is 352 g/mol. The largest absolute Gasteiger partial charge is 0.337 e. The molecule has 3 aromatic rings. The van der Waals surface area contributed by atoms with Crippen molar-refractivity contribution in [2.75, 3.05) is 19.6 Å². The molecule has 0 saturated carbocycles. The Bertz CT molecular complexity index is 815. The summed E-state index contributed by atoms with van der Waals surface area (Å²) in [6.45, 7) is 4.30. The van der Waals surface area contributed by atoms with Crippen LogP contribution in [0.15, 0.2) is 43.1 Å². The Balaban J connectivity index is 0.00000196. The summed E-state index contributed by atoms with van der Waals surface area (Å²) >= 11 is 0. The highest BCUT2D eigenvalue weighted by Gasteiger charge is 2.27. The second-order valence-corrected chi connectivity index (χ2v) is 6.36. The Kier molecular flexibility index (Phi) is 5.97. The first-order valence-electron chi connectivity index (χ1n) is 8.49. The van der Waals surface area contributed by atoms with E-state index in [1.165, 1.54) is 0 Å². The van der Waals surface area contributed by atoms with Crippen LogP contribution in [-0.4, -0.2) is 54.1 Å². The van der Waals surface area contributed by atoms with Gasteiger partial charge in [-0.15, -0.1) is 17.5 Å². The minimum Gasteiger partial charge on any atom is -0.337 e. The van der Waals surface area contributed by atoms with Gasteiger partial charge in [0, 0.05) is 58.0 Å². The Morgan fingerprint density at radius 2 is 2.19 bits per heavy atom. The number of piperazine rings is 1. The summed E-state index contributed by atoms with van der Waals surface area (Å²) in [5.74, 6) is 1.08. The lowest BCUT2D eigenvalue weighted by Crippen LogP contribution is -2.46. The molecule has 26 heavy (non-hydrogen) atoms. The molecule has 1 fully saturated rings. The van der Waals surface area contributed by atoms with Gasteiger partial charge in [0.1, 0.15) is 5.82 Å². The van der Waals surface area contributed by atoms with Gasteiger partial charge in [0.2, 0.25) is 0 Å². The highest BCUT2D eigenvalue weighted by atomic mass is 35.5. The van der Waals surface area contributed by atoms with Crippen LogP contribution in [0.1, 0.15) is 23.1 Å². The summed E-state index contributed by atoms with van der Waals surface area (Å²) in [5.41, 5.74) is 2.09. The van der Waals surface area contributed by atoms with E-state index < -0.39 is 0 Å². The molecule has 1 aliphatic heterocycles. The SMILES string of the molecule is Cl.Cn1ccnc1C1CNCCN1Cc1cn(Cc2cccnc2)nn1. The van der Waals surface area contributed by atoms with Crippen LogP contribution in [0, 0.1) is 0 Å². The minimum atomic E-state index is 0. The van der Waals surface area contributed by atoms with Gasteiger partial charge in [-0.05, 0) is 11.6 Å². The first-order valence-corrected chi connectivity index (χ1v) is 8.49. The van der Waals surface area contributed by atoms with Gasteiger partial charge >= 0.3 is 0 Å². The number of aromatic nitrogens is 6. The van der Waals surface area contributed by atoms with Gasteiger partial charge in [-0.3, -0.25) is 9.88 Å². The maximum Gasteiger partial charge on any atom is 0.127 e. The third kappa shape index (κ3) is 4.09. The van der Waals surface area contributed by atoms with E-state index in [9.17, 15) is 0 Å². The number of pyridine rings is 1. The zero-order valence-electron chi connectivity index (χ0n) is 14.7. The van der Waals surface area contributed by atoms with Crippen molar-refractivity contribution in [1.29, 1.82) is 0 Å². The summed E-state index contributed by atoms with van der Waals surface area (Å²) in [6.07, 6.45) is 9.50. The van der Waals surface area contributed by atoms with Crippen molar-refractivity contribution in [3.05, 3.63) is 60.2 Å². The number of rotatable bonds is 5. The second kappa shape index (κ2) is 8.39. The summed E-state index contributed by atoms with van der Waals surface area (Å²) in [7, 11) is 2.04. The molecule has 1 N–H and O–H groups in total. The lowest BCUT2D eigenvalue weighted by molar-refractivity contribution is 0.143. The molecule has 0 radical (unpaired) electrons. The summed E-state index contributed by atoms with van der Waals surface area (Å²) in [5, 5.41) is 12.1. The van der Waals surface area contributed by atoms with E-state index in [1.54, 1.807) is 6.20 Å². The van der Waals surface area contributed by atoms with E-state index in [2.05, 4.69) is 35.1 Å². The molecule has 0 aromatic carbocycles. The van der Waals surface area contributed by atoms with Crippen molar-refractivity contribution in [2.45, 2.75) is 19.1 Å². The molecule has 0 amide bonds. The fourth-order valence-corrected chi connectivity index (χ4v) is 3.26. The molecule has 8 nitrogen and oxygen atoms in total. The number of hydrogen-bond donors (Lipinski definition) is 1. The molecule has 9 heteroatoms. The van der Waals surface area contributed by atoms with Crippen molar-refractivity contribution in [3.8, 4) is 0 Å². The lowest BCUT2D eigenvalue weighted by Gasteiger charge is -2.35. The first kappa shape index (κ1) is 18.5. The van der Waals surface area contributed by atoms with Gasteiger partial charge in [-0.1, -0.05) is 11.3 Å². The van der Waals surface area contributed by atoms with Crippen LogP contribution in [0.3, 0.4) is 0 Å². The van der Waals surface area contributed by atoms with Crippen LogP contribution in [0.5, 0.6) is 0 Å². The maximum atomic E-state index is 4.53. The highest BCUT2D eigenvalue weighted by molar-refractivity contribution is 5.85. The smallest absolute Gasteiger partial charge is 0.127 e. The van der Waals surface area contributed by atoms with E-state index in [0.29, 0.717) is 6.54 Å². The Morgan fingerprint density at radius 3 is 2.96 bits per heavy atom. The molecule has 1 aliphatic rings. The second-order valence-electron chi connectivity index (χ2n) is 6.36. The summed E-state index contributed by atoms with van der Waals surface area (Å²) < 4.78 is 3.95. The van der Waals surface area contributed by atoms with Crippen LogP contribution in [-0.2, 0) is 20.1 Å². The van der Waals surface area contributed by atoms with Crippen LogP contribution < -0.4 is 5.32 Å². The monoisotopic (exact) mass is 374 g/mol. The van der Waals surface area contributed by atoms with Gasteiger partial charge in [0.05, 0.1) is 24.5 Å². The van der Waals surface area contributed by atoms with Crippen LogP contribution in [0.25, 0.3) is 0 Å². The van der Waals surface area contributed by atoms with Gasteiger partial charge in [-0.25, -0.2) is 9.67 Å². The third-order valence-electron chi connectivity index (χ3n) is 4.53. The van der Waals surface area contributed by atoms with Gasteiger partial charge < -0.3 is 9.88 Å². The van der Waals surface area contributed by atoms with Gasteiger partial charge in [0.15, 0.2) is 0 Å². The number of aryl methyl sites for hydroxylation is 1. The van der Waals surface area contributed by atoms with E-state index in [4.69, 9.17) is 0 Å². The van der Waals surface area contributed by atoms with E-state index in [-0.39, 0.29) is 18.4 Å². The van der Waals surface area contributed by atoms with Gasteiger partial charge in [-0.2, -0.15) is 0 Å². The quantitative estimate of drug-likeness (QED) is 0.718. The molecule has 0 spiro atoms. The molecule has 4 heterocycles. The first-order chi connectivity index (χ1) is 12.3. The predicted octanol–water partition coefficient (Wildman–Crippen LogP) is 1.02. The Hall–Kier alpha value is -2.29. The van der Waals surface area contributed by atoms with Crippen molar-refractivity contribution < 1.29 is 0 Å². The fraction of sp³-hybridized carbons (Fsp3) is 0.412. The number of nitrogens with zero attached hydrogens (tertiary/aromatic N) is 7. The van der Waals surface area contributed by atoms with Crippen LogP contribution >= 0.6 is 12.4 Å². The molecule has 3 aromatic heterocycles. The topological polar surface area (TPSA) is 76.7 Å². The maximum absolute atomic E-state index is 4.53. The van der Waals surface area contributed by atoms with Crippen molar-refractivity contribution in [1.82, 2.24) is 39.7 Å². The number of hydrogen-bond acceptors (Lipinski definition) is 6. The minimum absolute atomic E-state index is 0. The van der Waals surface area contributed by atoms with E-state index in [0.717, 1.165) is 43.3 Å². The fourth-order valence-electron chi connectivity index (χ4n) is 3.26. The molecule has 1 atom stereocenters. The number of halogens is 1. The summed E-state index contributed by atoms with van der Waals surface area (Å²) in [4.78, 5) is 11.1. The van der Waals surface area contributed by atoms with Crippen molar-refractivity contribution in [2.24, 2.45) is 7.05 Å². The standard InChI is InChI=1S/C17H22N8.ClH/c1-23-7-6-20-17(23)16-10-19-5-8-24(16)12-15-13-25(22-21-15)11-14-3-2-4-18-9-14;/h2-4,6-7,9,13,16,19H,5,8,10-12H2,1H3;1H. The average molecular weight is 375 g/mol. The number of imidazole rings is 1. The van der Waals surface area contributed by atoms with Crippen molar-refractivity contribution >= 4 is 12.4 Å². The normalized spacial score (nSPS) is 17.8. The molecule has 4 rings (SSSR count).